The maximum Gasteiger partial charge on any atom is 0.115 e. The third kappa shape index (κ3) is 2.30. The zero-order valence-electron chi connectivity index (χ0n) is 10.2. The van der Waals surface area contributed by atoms with E-state index >= 15 is 0 Å². The van der Waals surface area contributed by atoms with E-state index in [1.807, 2.05) is 30.3 Å². The summed E-state index contributed by atoms with van der Waals surface area (Å²) >= 11 is 0. The molecule has 0 unspecified atom stereocenters. The van der Waals surface area contributed by atoms with Gasteiger partial charge in [0.05, 0.1) is 29.1 Å². The highest BCUT2D eigenvalue weighted by Crippen LogP contribution is 2.27. The van der Waals surface area contributed by atoms with Crippen molar-refractivity contribution in [2.24, 2.45) is 0 Å². The fraction of sp³-hybridized carbons (Fsp3) is 0.0714. The van der Waals surface area contributed by atoms with Gasteiger partial charge in [-0.05, 0) is 30.3 Å². The van der Waals surface area contributed by atoms with Gasteiger partial charge >= 0.3 is 0 Å². The molecule has 0 bridgehead atoms. The van der Waals surface area contributed by atoms with Crippen molar-refractivity contribution in [2.75, 3.05) is 11.1 Å². The summed E-state index contributed by atoms with van der Waals surface area (Å²) in [5.41, 5.74) is 9.56. The number of benzene rings is 1. The van der Waals surface area contributed by atoms with Crippen molar-refractivity contribution in [1.29, 1.82) is 0 Å². The number of hydrogen-bond acceptors (Lipinski definition) is 5. The van der Waals surface area contributed by atoms with Crippen LogP contribution in [-0.4, -0.2) is 15.0 Å². The van der Waals surface area contributed by atoms with Gasteiger partial charge in [-0.2, -0.15) is 0 Å². The zero-order chi connectivity index (χ0) is 13.1. The van der Waals surface area contributed by atoms with Gasteiger partial charge in [-0.3, -0.25) is 4.98 Å². The Balaban J connectivity index is 1.87. The molecule has 5 heteroatoms. The Labute approximate surface area is 110 Å². The lowest BCUT2D eigenvalue weighted by Crippen LogP contribution is -2.04. The maximum atomic E-state index is 6.15. The molecule has 0 atom stereocenters. The van der Waals surface area contributed by atoms with Crippen LogP contribution in [0.25, 0.3) is 10.9 Å². The first kappa shape index (κ1) is 11.4. The number of nitrogen functional groups attached to an aromatic ring is 1. The van der Waals surface area contributed by atoms with E-state index in [4.69, 9.17) is 5.73 Å². The van der Waals surface area contributed by atoms with Crippen LogP contribution in [0.5, 0.6) is 0 Å². The van der Waals surface area contributed by atoms with Crippen LogP contribution < -0.4 is 11.1 Å². The summed E-state index contributed by atoms with van der Waals surface area (Å²) in [6.45, 7) is 0.610. The molecule has 3 aromatic rings. The molecule has 0 fully saturated rings. The fourth-order valence-corrected chi connectivity index (χ4v) is 1.94. The van der Waals surface area contributed by atoms with Crippen LogP contribution in [0.1, 0.15) is 5.69 Å². The van der Waals surface area contributed by atoms with E-state index in [9.17, 15) is 0 Å². The molecule has 94 valence electrons. The lowest BCUT2D eigenvalue weighted by Gasteiger charge is -2.10. The first-order chi connectivity index (χ1) is 9.34. The molecule has 1 aromatic carbocycles. The maximum absolute atomic E-state index is 6.15. The number of anilines is 2. The average Bonchev–Trinajstić information content (AvgIpc) is 2.48. The van der Waals surface area contributed by atoms with Crippen LogP contribution in [0.4, 0.5) is 11.4 Å². The van der Waals surface area contributed by atoms with Crippen molar-refractivity contribution in [3.63, 3.8) is 0 Å². The Kier molecular flexibility index (Phi) is 2.94. The van der Waals surface area contributed by atoms with Gasteiger partial charge in [-0.15, -0.1) is 0 Å². The topological polar surface area (TPSA) is 76.7 Å². The van der Waals surface area contributed by atoms with Crippen molar-refractivity contribution in [3.05, 3.63) is 54.7 Å². The molecule has 0 spiro atoms. The summed E-state index contributed by atoms with van der Waals surface area (Å²) < 4.78 is 0. The Hall–Kier alpha value is -2.69. The molecule has 2 heterocycles. The Morgan fingerprint density at radius 2 is 2.00 bits per heavy atom. The minimum atomic E-state index is 0.610. The largest absolute Gasteiger partial charge is 0.397 e. The fourth-order valence-electron chi connectivity index (χ4n) is 1.94. The van der Waals surface area contributed by atoms with Gasteiger partial charge in [0.15, 0.2) is 0 Å². The molecule has 0 aliphatic carbocycles. The number of fused-ring (bicyclic) bond motifs is 1. The van der Waals surface area contributed by atoms with Gasteiger partial charge in [0, 0.05) is 17.8 Å². The quantitative estimate of drug-likeness (QED) is 0.698. The van der Waals surface area contributed by atoms with Crippen molar-refractivity contribution >= 4 is 22.3 Å². The second kappa shape index (κ2) is 4.89. The van der Waals surface area contributed by atoms with E-state index in [-0.39, 0.29) is 0 Å². The first-order valence-corrected chi connectivity index (χ1v) is 5.96. The van der Waals surface area contributed by atoms with Gasteiger partial charge in [0.2, 0.25) is 0 Å². The molecule has 3 rings (SSSR count). The lowest BCUT2D eigenvalue weighted by molar-refractivity contribution is 1.01. The van der Waals surface area contributed by atoms with Crippen LogP contribution in [0.15, 0.2) is 49.1 Å². The highest BCUT2D eigenvalue weighted by Gasteiger charge is 2.04. The summed E-state index contributed by atoms with van der Waals surface area (Å²) in [6.07, 6.45) is 5.01. The van der Waals surface area contributed by atoms with Gasteiger partial charge in [0.25, 0.3) is 0 Å². The van der Waals surface area contributed by atoms with Crippen molar-refractivity contribution in [1.82, 2.24) is 15.0 Å². The van der Waals surface area contributed by atoms with Crippen LogP contribution in [0.3, 0.4) is 0 Å². The van der Waals surface area contributed by atoms with E-state index in [0.29, 0.717) is 12.2 Å². The average molecular weight is 251 g/mol. The van der Waals surface area contributed by atoms with Crippen molar-refractivity contribution in [2.45, 2.75) is 6.54 Å². The van der Waals surface area contributed by atoms with Gasteiger partial charge in [0.1, 0.15) is 6.33 Å². The highest BCUT2D eigenvalue weighted by molar-refractivity contribution is 5.96. The highest BCUT2D eigenvalue weighted by atomic mass is 14.9. The van der Waals surface area contributed by atoms with E-state index in [1.165, 1.54) is 6.33 Å². The third-order valence-electron chi connectivity index (χ3n) is 2.93. The zero-order valence-corrected chi connectivity index (χ0v) is 10.2. The SMILES string of the molecule is Nc1c(NCc2ccncn2)ccc2ncccc12. The minimum absolute atomic E-state index is 0.610. The first-order valence-electron chi connectivity index (χ1n) is 5.96. The summed E-state index contributed by atoms with van der Waals surface area (Å²) in [6, 6.07) is 9.60. The van der Waals surface area contributed by atoms with Crippen molar-refractivity contribution in [3.8, 4) is 0 Å². The van der Waals surface area contributed by atoms with E-state index < -0.39 is 0 Å². The molecule has 5 nitrogen and oxygen atoms in total. The second-order valence-electron chi connectivity index (χ2n) is 4.15. The van der Waals surface area contributed by atoms with Crippen LogP contribution in [0.2, 0.25) is 0 Å². The molecule has 0 aliphatic heterocycles. The molecule has 0 amide bonds. The number of nitrogens with one attached hydrogen (secondary N) is 1. The molecule has 0 saturated carbocycles. The summed E-state index contributed by atoms with van der Waals surface area (Å²) in [4.78, 5) is 12.3. The molecule has 0 radical (unpaired) electrons. The molecular weight excluding hydrogens is 238 g/mol. The normalized spacial score (nSPS) is 10.5. The number of aromatic nitrogens is 3. The number of nitrogens with two attached hydrogens (primary N) is 1. The van der Waals surface area contributed by atoms with Gasteiger partial charge in [-0.1, -0.05) is 0 Å². The molecule has 19 heavy (non-hydrogen) atoms. The summed E-state index contributed by atoms with van der Waals surface area (Å²) in [5.74, 6) is 0. The predicted octanol–water partition coefficient (Wildman–Crippen LogP) is 2.22. The van der Waals surface area contributed by atoms with Crippen molar-refractivity contribution < 1.29 is 0 Å². The van der Waals surface area contributed by atoms with Gasteiger partial charge < -0.3 is 11.1 Å². The van der Waals surface area contributed by atoms with E-state index in [2.05, 4.69) is 20.3 Å². The third-order valence-corrected chi connectivity index (χ3v) is 2.93. The number of pyridine rings is 1. The van der Waals surface area contributed by atoms with Gasteiger partial charge in [-0.25, -0.2) is 9.97 Å². The van der Waals surface area contributed by atoms with Crippen LogP contribution in [-0.2, 0) is 6.54 Å². The van der Waals surface area contributed by atoms with E-state index in [1.54, 1.807) is 12.4 Å². The molecule has 3 N–H and O–H groups in total. The molecular formula is C14H13N5. The molecule has 0 aliphatic rings. The lowest BCUT2D eigenvalue weighted by atomic mass is 10.1. The smallest absolute Gasteiger partial charge is 0.115 e. The standard InChI is InChI=1S/C14H13N5/c15-14-11-2-1-6-17-12(11)3-4-13(14)18-8-10-5-7-16-9-19-10/h1-7,9,18H,8,15H2. The Morgan fingerprint density at radius 1 is 1.05 bits per heavy atom. The number of hydrogen-bond donors (Lipinski definition) is 2. The Morgan fingerprint density at radius 3 is 2.84 bits per heavy atom. The molecule has 2 aromatic heterocycles. The predicted molar refractivity (Wildman–Crippen MR) is 75.5 cm³/mol. The van der Waals surface area contributed by atoms with Crippen LogP contribution in [0, 0.1) is 0 Å². The summed E-state index contributed by atoms with van der Waals surface area (Å²) in [7, 11) is 0. The minimum Gasteiger partial charge on any atom is -0.397 e. The Bertz CT molecular complexity index is 697. The van der Waals surface area contributed by atoms with E-state index in [0.717, 1.165) is 22.3 Å². The second-order valence-corrected chi connectivity index (χ2v) is 4.15. The van der Waals surface area contributed by atoms with Crippen LogP contribution >= 0.6 is 0 Å². The number of rotatable bonds is 3. The monoisotopic (exact) mass is 251 g/mol. The summed E-state index contributed by atoms with van der Waals surface area (Å²) in [5, 5.41) is 4.23. The number of nitrogens with zero attached hydrogens (tertiary/aromatic N) is 3. The molecule has 0 saturated heterocycles.